The lowest BCUT2D eigenvalue weighted by Crippen LogP contribution is -2.29. The van der Waals surface area contributed by atoms with E-state index in [1.165, 1.54) is 19.1 Å². The summed E-state index contributed by atoms with van der Waals surface area (Å²) in [5.41, 5.74) is 1.45. The number of hydrogen-bond acceptors (Lipinski definition) is 3. The third kappa shape index (κ3) is 6.36. The number of ether oxygens (including phenoxy) is 1. The van der Waals surface area contributed by atoms with Crippen molar-refractivity contribution in [1.29, 1.82) is 0 Å². The maximum atomic E-state index is 13.3. The molecule has 25 heavy (non-hydrogen) atoms. The molecule has 0 bridgehead atoms. The number of nitrogens with one attached hydrogen (secondary N) is 2. The van der Waals surface area contributed by atoms with E-state index >= 15 is 0 Å². The maximum absolute atomic E-state index is 13.3. The van der Waals surface area contributed by atoms with Gasteiger partial charge in [-0.2, -0.15) is 0 Å². The summed E-state index contributed by atoms with van der Waals surface area (Å²) in [6.07, 6.45) is 0. The van der Waals surface area contributed by atoms with E-state index in [-0.39, 0.29) is 24.8 Å². The molecule has 0 atom stereocenters. The minimum atomic E-state index is -0.516. The van der Waals surface area contributed by atoms with Gasteiger partial charge >= 0.3 is 0 Å². The second-order valence-electron chi connectivity index (χ2n) is 5.06. The Bertz CT molecular complexity index is 807. The predicted molar refractivity (Wildman–Crippen MR) is 92.5 cm³/mol. The first-order chi connectivity index (χ1) is 12.0. The number of rotatable bonds is 5. The van der Waals surface area contributed by atoms with Crippen LogP contribution in [0.2, 0.25) is 0 Å². The lowest BCUT2D eigenvalue weighted by Gasteiger charge is -2.06. The summed E-state index contributed by atoms with van der Waals surface area (Å²) < 4.78 is 18.4. The van der Waals surface area contributed by atoms with Crippen molar-refractivity contribution in [3.63, 3.8) is 0 Å². The molecule has 0 saturated heterocycles. The molecule has 128 valence electrons. The molecular weight excluding hydrogens is 323 g/mol. The highest BCUT2D eigenvalue weighted by Crippen LogP contribution is 2.14. The van der Waals surface area contributed by atoms with E-state index in [0.717, 1.165) is 5.56 Å². The lowest BCUT2D eigenvalue weighted by atomic mass is 10.2. The molecule has 0 radical (unpaired) electrons. The molecule has 2 aromatic carbocycles. The molecule has 0 heterocycles. The van der Waals surface area contributed by atoms with E-state index in [2.05, 4.69) is 22.5 Å². The average molecular weight is 340 g/mol. The van der Waals surface area contributed by atoms with E-state index in [1.54, 1.807) is 36.4 Å². The summed E-state index contributed by atoms with van der Waals surface area (Å²) in [6, 6.07) is 12.9. The van der Waals surface area contributed by atoms with Crippen LogP contribution in [0.25, 0.3) is 0 Å². The number of carbonyl (C=O) groups excluding carboxylic acids is 2. The van der Waals surface area contributed by atoms with Crippen LogP contribution < -0.4 is 15.4 Å². The first-order valence-corrected chi connectivity index (χ1v) is 7.55. The number of carbonyl (C=O) groups is 2. The minimum absolute atomic E-state index is 0.0306. The summed E-state index contributed by atoms with van der Waals surface area (Å²) in [4.78, 5) is 22.5. The SMILES string of the molecule is CC(=O)Nc1ccc(C#CCNC(=O)COc2ccccc2F)cc1. The van der Waals surface area contributed by atoms with Crippen LogP contribution in [0.15, 0.2) is 48.5 Å². The number of benzene rings is 2. The van der Waals surface area contributed by atoms with Gasteiger partial charge in [0.1, 0.15) is 0 Å². The van der Waals surface area contributed by atoms with E-state index in [4.69, 9.17) is 4.74 Å². The molecule has 0 fully saturated rings. The Morgan fingerprint density at radius 2 is 1.84 bits per heavy atom. The van der Waals surface area contributed by atoms with Gasteiger partial charge in [-0.1, -0.05) is 24.0 Å². The third-order valence-corrected chi connectivity index (χ3v) is 3.01. The fraction of sp³-hybridized carbons (Fsp3) is 0.158. The van der Waals surface area contributed by atoms with Gasteiger partial charge in [-0.3, -0.25) is 9.59 Å². The topological polar surface area (TPSA) is 67.4 Å². The zero-order valence-electron chi connectivity index (χ0n) is 13.6. The Morgan fingerprint density at radius 3 is 2.52 bits per heavy atom. The monoisotopic (exact) mass is 340 g/mol. The van der Waals surface area contributed by atoms with Gasteiger partial charge in [0.15, 0.2) is 18.2 Å². The zero-order valence-corrected chi connectivity index (χ0v) is 13.6. The van der Waals surface area contributed by atoms with Crippen LogP contribution in [-0.4, -0.2) is 25.0 Å². The van der Waals surface area contributed by atoms with Gasteiger partial charge in [0.2, 0.25) is 5.91 Å². The van der Waals surface area contributed by atoms with Gasteiger partial charge in [0, 0.05) is 18.2 Å². The van der Waals surface area contributed by atoms with E-state index < -0.39 is 11.7 Å². The molecule has 2 aromatic rings. The summed E-state index contributed by atoms with van der Waals surface area (Å²) in [5.74, 6) is 4.67. The van der Waals surface area contributed by atoms with Gasteiger partial charge in [0.25, 0.3) is 5.91 Å². The number of amides is 2. The van der Waals surface area contributed by atoms with Crippen molar-refractivity contribution in [2.45, 2.75) is 6.92 Å². The highest BCUT2D eigenvalue weighted by molar-refractivity contribution is 5.88. The Kier molecular flexibility index (Phi) is 6.55. The van der Waals surface area contributed by atoms with Gasteiger partial charge in [0.05, 0.1) is 6.54 Å². The Morgan fingerprint density at radius 1 is 1.12 bits per heavy atom. The average Bonchev–Trinajstić information content (AvgIpc) is 2.59. The normalized spacial score (nSPS) is 9.52. The number of anilines is 1. The van der Waals surface area contributed by atoms with Crippen molar-refractivity contribution in [1.82, 2.24) is 5.32 Å². The fourth-order valence-electron chi connectivity index (χ4n) is 1.89. The van der Waals surface area contributed by atoms with Gasteiger partial charge in [-0.25, -0.2) is 4.39 Å². The van der Waals surface area contributed by atoms with Gasteiger partial charge in [-0.05, 0) is 36.4 Å². The number of hydrogen-bond donors (Lipinski definition) is 2. The van der Waals surface area contributed by atoms with Crippen molar-refractivity contribution in [3.05, 3.63) is 59.9 Å². The van der Waals surface area contributed by atoms with Crippen molar-refractivity contribution in [3.8, 4) is 17.6 Å². The number of halogens is 1. The summed E-state index contributed by atoms with van der Waals surface area (Å²) in [5, 5.41) is 5.22. The van der Waals surface area contributed by atoms with E-state index in [0.29, 0.717) is 5.69 Å². The van der Waals surface area contributed by atoms with Crippen LogP contribution in [0, 0.1) is 17.7 Å². The molecule has 0 saturated carbocycles. The molecule has 2 N–H and O–H groups in total. The van der Waals surface area contributed by atoms with Gasteiger partial charge in [-0.15, -0.1) is 0 Å². The summed E-state index contributed by atoms with van der Waals surface area (Å²) in [6.45, 7) is 1.30. The van der Waals surface area contributed by atoms with Crippen LogP contribution in [0.4, 0.5) is 10.1 Å². The predicted octanol–water partition coefficient (Wildman–Crippen LogP) is 2.33. The molecule has 2 amide bonds. The number of para-hydroxylation sites is 1. The maximum Gasteiger partial charge on any atom is 0.258 e. The molecular formula is C19H17FN2O3. The highest BCUT2D eigenvalue weighted by atomic mass is 19.1. The van der Waals surface area contributed by atoms with E-state index in [9.17, 15) is 14.0 Å². The van der Waals surface area contributed by atoms with E-state index in [1.807, 2.05) is 0 Å². The van der Waals surface area contributed by atoms with Crippen molar-refractivity contribution in [2.24, 2.45) is 0 Å². The Hall–Kier alpha value is -3.33. The third-order valence-electron chi connectivity index (χ3n) is 3.01. The van der Waals surface area contributed by atoms with Crippen molar-refractivity contribution >= 4 is 17.5 Å². The Labute approximate surface area is 145 Å². The smallest absolute Gasteiger partial charge is 0.258 e. The Balaban J connectivity index is 1.75. The molecule has 0 aliphatic heterocycles. The second kappa shape index (κ2) is 9.08. The molecule has 0 aliphatic carbocycles. The molecule has 0 spiro atoms. The second-order valence-corrected chi connectivity index (χ2v) is 5.06. The first kappa shape index (κ1) is 18.0. The molecule has 0 unspecified atom stereocenters. The van der Waals surface area contributed by atoms with Gasteiger partial charge < -0.3 is 15.4 Å². The summed E-state index contributed by atoms with van der Waals surface area (Å²) >= 11 is 0. The van der Waals surface area contributed by atoms with Crippen LogP contribution in [0.3, 0.4) is 0 Å². The standard InChI is InChI=1S/C19H17FN2O3/c1-14(23)22-16-10-8-15(9-11-16)5-4-12-21-19(24)13-25-18-7-3-2-6-17(18)20/h2-3,6-11H,12-13H2,1H3,(H,21,24)(H,22,23). The van der Waals surface area contributed by atoms with Crippen LogP contribution in [0.5, 0.6) is 5.75 Å². The zero-order chi connectivity index (χ0) is 18.1. The van der Waals surface area contributed by atoms with Crippen LogP contribution in [-0.2, 0) is 9.59 Å². The molecule has 2 rings (SSSR count). The van der Waals surface area contributed by atoms with Crippen LogP contribution >= 0.6 is 0 Å². The molecule has 0 aromatic heterocycles. The first-order valence-electron chi connectivity index (χ1n) is 7.55. The highest BCUT2D eigenvalue weighted by Gasteiger charge is 2.04. The fourth-order valence-corrected chi connectivity index (χ4v) is 1.89. The molecule has 5 nitrogen and oxygen atoms in total. The largest absolute Gasteiger partial charge is 0.481 e. The molecule has 0 aliphatic rings. The lowest BCUT2D eigenvalue weighted by molar-refractivity contribution is -0.122. The quantitative estimate of drug-likeness (QED) is 0.821. The van der Waals surface area contributed by atoms with Crippen molar-refractivity contribution in [2.75, 3.05) is 18.5 Å². The van der Waals surface area contributed by atoms with Crippen LogP contribution in [0.1, 0.15) is 12.5 Å². The van der Waals surface area contributed by atoms with Crippen molar-refractivity contribution < 1.29 is 18.7 Å². The minimum Gasteiger partial charge on any atom is -0.481 e. The molecule has 6 heteroatoms. The summed E-state index contributed by atoms with van der Waals surface area (Å²) in [7, 11) is 0.